The highest BCUT2D eigenvalue weighted by molar-refractivity contribution is 5.85. The second kappa shape index (κ2) is 5.67. The fraction of sp³-hybridized carbons (Fsp3) is 0.429. The average Bonchev–Trinajstić information content (AvgIpc) is 2.25. The first-order valence-electron chi connectivity index (χ1n) is 5.85. The lowest BCUT2D eigenvalue weighted by molar-refractivity contribution is -0.124. The van der Waals surface area contributed by atoms with Gasteiger partial charge in [-0.05, 0) is 33.3 Å². The number of benzene rings is 1. The van der Waals surface area contributed by atoms with Gasteiger partial charge in [0.15, 0.2) is 0 Å². The van der Waals surface area contributed by atoms with Crippen molar-refractivity contribution in [3.8, 4) is 0 Å². The van der Waals surface area contributed by atoms with E-state index in [2.05, 4.69) is 10.6 Å². The molecule has 0 unspecified atom stereocenters. The highest BCUT2D eigenvalue weighted by atomic mass is 16.2. The molecule has 1 atom stereocenters. The Hall–Kier alpha value is -1.84. The molecule has 0 fully saturated rings. The minimum Gasteiger partial charge on any atom is -0.349 e. The van der Waals surface area contributed by atoms with Crippen LogP contribution in [0, 0.1) is 6.92 Å². The largest absolute Gasteiger partial charge is 0.349 e. The minimum atomic E-state index is -0.706. The van der Waals surface area contributed by atoms with Crippen LogP contribution in [0.2, 0.25) is 0 Å². The summed E-state index contributed by atoms with van der Waals surface area (Å²) in [5, 5.41) is 5.26. The summed E-state index contributed by atoms with van der Waals surface area (Å²) in [5.41, 5.74) is 1.50. The van der Waals surface area contributed by atoms with Crippen molar-refractivity contribution in [2.75, 3.05) is 0 Å². The van der Waals surface area contributed by atoms with Crippen LogP contribution in [0.1, 0.15) is 37.9 Å². The lowest BCUT2D eigenvalue weighted by Crippen LogP contribution is -2.46. The SMILES string of the molecule is Cc1ccc([C@@H](N[C]=O)C(=O)NC(C)(C)C)cc1. The number of rotatable bonds is 4. The van der Waals surface area contributed by atoms with Crippen molar-refractivity contribution in [2.45, 2.75) is 39.3 Å². The van der Waals surface area contributed by atoms with Crippen molar-refractivity contribution in [1.82, 2.24) is 10.6 Å². The molecule has 4 nitrogen and oxygen atoms in total. The van der Waals surface area contributed by atoms with E-state index in [-0.39, 0.29) is 11.4 Å². The Kier molecular flexibility index (Phi) is 4.48. The van der Waals surface area contributed by atoms with Crippen LogP contribution < -0.4 is 10.6 Å². The van der Waals surface area contributed by atoms with Crippen LogP contribution in [0.5, 0.6) is 0 Å². The van der Waals surface area contributed by atoms with Gasteiger partial charge in [0, 0.05) is 5.54 Å². The summed E-state index contributed by atoms with van der Waals surface area (Å²) in [6, 6.07) is 6.75. The zero-order valence-electron chi connectivity index (χ0n) is 11.2. The molecular formula is C14H19N2O2. The van der Waals surface area contributed by atoms with Crippen molar-refractivity contribution < 1.29 is 9.59 Å². The molecule has 2 N–H and O–H groups in total. The third-order valence-electron chi connectivity index (χ3n) is 2.37. The van der Waals surface area contributed by atoms with Gasteiger partial charge in [-0.3, -0.25) is 9.59 Å². The van der Waals surface area contributed by atoms with Gasteiger partial charge in [-0.15, -0.1) is 0 Å². The van der Waals surface area contributed by atoms with Crippen molar-refractivity contribution in [2.24, 2.45) is 0 Å². The van der Waals surface area contributed by atoms with E-state index in [1.807, 2.05) is 52.0 Å². The van der Waals surface area contributed by atoms with E-state index in [4.69, 9.17) is 0 Å². The van der Waals surface area contributed by atoms with Gasteiger partial charge >= 0.3 is 6.41 Å². The first kappa shape index (κ1) is 14.2. The molecule has 0 spiro atoms. The fourth-order valence-electron chi connectivity index (χ4n) is 1.56. The van der Waals surface area contributed by atoms with Gasteiger partial charge in [0.1, 0.15) is 6.04 Å². The molecule has 0 aliphatic carbocycles. The summed E-state index contributed by atoms with van der Waals surface area (Å²) in [6.07, 6.45) is 1.59. The van der Waals surface area contributed by atoms with Gasteiger partial charge in [0.2, 0.25) is 5.91 Å². The van der Waals surface area contributed by atoms with Crippen molar-refractivity contribution >= 4 is 12.3 Å². The molecule has 1 aromatic rings. The van der Waals surface area contributed by atoms with Gasteiger partial charge < -0.3 is 10.6 Å². The summed E-state index contributed by atoms with van der Waals surface area (Å²) < 4.78 is 0. The fourth-order valence-corrected chi connectivity index (χ4v) is 1.56. The number of nitrogens with one attached hydrogen (secondary N) is 2. The second-order valence-corrected chi connectivity index (χ2v) is 5.33. The number of carbonyl (C=O) groups is 1. The van der Waals surface area contributed by atoms with Crippen LogP contribution in [0.25, 0.3) is 0 Å². The molecule has 0 heterocycles. The second-order valence-electron chi connectivity index (χ2n) is 5.33. The normalized spacial score (nSPS) is 12.7. The van der Waals surface area contributed by atoms with Crippen molar-refractivity contribution in [3.05, 3.63) is 35.4 Å². The predicted molar refractivity (Wildman–Crippen MR) is 70.6 cm³/mol. The molecule has 0 saturated carbocycles. The Balaban J connectivity index is 2.91. The molecule has 1 rings (SSSR count). The Labute approximate surface area is 108 Å². The molecule has 0 bridgehead atoms. The van der Waals surface area contributed by atoms with E-state index in [1.165, 1.54) is 0 Å². The van der Waals surface area contributed by atoms with Gasteiger partial charge in [-0.2, -0.15) is 0 Å². The zero-order chi connectivity index (χ0) is 13.8. The third kappa shape index (κ3) is 4.20. The molecule has 97 valence electrons. The number of hydrogen-bond donors (Lipinski definition) is 2. The van der Waals surface area contributed by atoms with Crippen LogP contribution >= 0.6 is 0 Å². The Morgan fingerprint density at radius 3 is 2.22 bits per heavy atom. The van der Waals surface area contributed by atoms with E-state index >= 15 is 0 Å². The molecule has 18 heavy (non-hydrogen) atoms. The molecule has 1 aromatic carbocycles. The average molecular weight is 247 g/mol. The Bertz CT molecular complexity index is 418. The van der Waals surface area contributed by atoms with Gasteiger partial charge in [0.05, 0.1) is 0 Å². The summed E-state index contributed by atoms with van der Waals surface area (Å²) in [4.78, 5) is 22.6. The summed E-state index contributed by atoms with van der Waals surface area (Å²) in [6.45, 7) is 7.64. The van der Waals surface area contributed by atoms with Crippen LogP contribution in [-0.4, -0.2) is 17.9 Å². The highest BCUT2D eigenvalue weighted by Gasteiger charge is 2.23. The molecule has 0 saturated heterocycles. The maximum absolute atomic E-state index is 12.1. The number of hydrogen-bond acceptors (Lipinski definition) is 2. The van der Waals surface area contributed by atoms with E-state index in [9.17, 15) is 9.59 Å². The molecule has 0 aromatic heterocycles. The van der Waals surface area contributed by atoms with Gasteiger partial charge in [0.25, 0.3) is 0 Å². The van der Waals surface area contributed by atoms with Crippen molar-refractivity contribution in [1.29, 1.82) is 0 Å². The van der Waals surface area contributed by atoms with E-state index in [1.54, 1.807) is 6.41 Å². The number of carbonyl (C=O) groups excluding carboxylic acids is 2. The van der Waals surface area contributed by atoms with Crippen LogP contribution in [0.4, 0.5) is 0 Å². The minimum absolute atomic E-state index is 0.241. The van der Waals surface area contributed by atoms with Gasteiger partial charge in [-0.1, -0.05) is 29.8 Å². The topological polar surface area (TPSA) is 58.2 Å². The Morgan fingerprint density at radius 1 is 1.22 bits per heavy atom. The summed E-state index contributed by atoms with van der Waals surface area (Å²) >= 11 is 0. The smallest absolute Gasteiger partial charge is 0.310 e. The molecule has 0 aliphatic rings. The molecule has 2 amide bonds. The lowest BCUT2D eigenvalue weighted by atomic mass is 10.0. The lowest BCUT2D eigenvalue weighted by Gasteiger charge is -2.24. The van der Waals surface area contributed by atoms with E-state index in [0.717, 1.165) is 11.1 Å². The molecule has 0 aliphatic heterocycles. The van der Waals surface area contributed by atoms with Crippen LogP contribution in [-0.2, 0) is 9.59 Å². The monoisotopic (exact) mass is 247 g/mol. The maximum atomic E-state index is 12.1. The van der Waals surface area contributed by atoms with Gasteiger partial charge in [-0.25, -0.2) is 0 Å². The summed E-state index contributed by atoms with van der Waals surface area (Å²) in [5.74, 6) is -0.241. The quantitative estimate of drug-likeness (QED) is 0.794. The number of amides is 2. The van der Waals surface area contributed by atoms with Crippen molar-refractivity contribution in [3.63, 3.8) is 0 Å². The molecular weight excluding hydrogens is 228 g/mol. The number of aryl methyl sites for hydroxylation is 1. The van der Waals surface area contributed by atoms with Crippen LogP contribution in [0.15, 0.2) is 24.3 Å². The third-order valence-corrected chi connectivity index (χ3v) is 2.37. The summed E-state index contributed by atoms with van der Waals surface area (Å²) in [7, 11) is 0. The van der Waals surface area contributed by atoms with Crippen LogP contribution in [0.3, 0.4) is 0 Å². The molecule has 4 heteroatoms. The maximum Gasteiger partial charge on any atom is 0.310 e. The first-order chi connectivity index (χ1) is 8.33. The zero-order valence-corrected chi connectivity index (χ0v) is 11.2. The van der Waals surface area contributed by atoms with E-state index in [0.29, 0.717) is 0 Å². The first-order valence-corrected chi connectivity index (χ1v) is 5.85. The van der Waals surface area contributed by atoms with E-state index < -0.39 is 6.04 Å². The predicted octanol–water partition coefficient (Wildman–Crippen LogP) is 1.61. The Morgan fingerprint density at radius 2 is 1.78 bits per heavy atom. The standard InChI is InChI=1S/C14H19N2O2/c1-10-5-7-11(8-6-10)12(15-9-17)13(18)16-14(2,3)4/h5-8,12H,1-4H3,(H,15,17)(H,16,18)/t12-/m1/s1. The molecule has 1 radical (unpaired) electrons. The highest BCUT2D eigenvalue weighted by Crippen LogP contribution is 2.15.